The first-order chi connectivity index (χ1) is 9.49. The number of nitrogens with zero attached hydrogens (tertiary/aromatic N) is 1. The van der Waals surface area contributed by atoms with Crippen molar-refractivity contribution in [2.24, 2.45) is 0 Å². The molecule has 1 amide bonds. The first-order valence-corrected chi connectivity index (χ1v) is 6.66. The molecule has 20 heavy (non-hydrogen) atoms. The quantitative estimate of drug-likeness (QED) is 0.757. The Morgan fingerprint density at radius 1 is 1.20 bits per heavy atom. The van der Waals surface area contributed by atoms with Gasteiger partial charge in [-0.25, -0.2) is 0 Å². The molecule has 0 saturated heterocycles. The van der Waals surface area contributed by atoms with Crippen LogP contribution in [0.15, 0.2) is 12.1 Å². The number of hydrogen-bond acceptors (Lipinski definition) is 4. The van der Waals surface area contributed by atoms with Gasteiger partial charge in [0.1, 0.15) is 0 Å². The molecule has 1 unspecified atom stereocenters. The van der Waals surface area contributed by atoms with E-state index < -0.39 is 0 Å². The lowest BCUT2D eigenvalue weighted by Gasteiger charge is -2.24. The topological polar surface area (TPSA) is 48.0 Å². The smallest absolute Gasteiger partial charge is 0.254 e. The largest absolute Gasteiger partial charge is 0.493 e. The third-order valence-electron chi connectivity index (χ3n) is 3.12. The van der Waals surface area contributed by atoms with Gasteiger partial charge in [0.25, 0.3) is 5.91 Å². The molecule has 0 bridgehead atoms. The third kappa shape index (κ3) is 3.28. The standard InChI is InChI=1S/C14H20ClNO4/c1-9(8-15)16(2)14(17)10-6-11(18-3)13(20-5)12(7-10)19-4/h6-7,9H,8H2,1-5H3. The van der Waals surface area contributed by atoms with Crippen molar-refractivity contribution in [2.75, 3.05) is 34.3 Å². The number of methoxy groups -OCH3 is 3. The fraction of sp³-hybridized carbons (Fsp3) is 0.500. The van der Waals surface area contributed by atoms with Crippen LogP contribution >= 0.6 is 11.6 Å². The highest BCUT2D eigenvalue weighted by Gasteiger charge is 2.21. The highest BCUT2D eigenvalue weighted by Crippen LogP contribution is 2.38. The second-order valence-electron chi connectivity index (χ2n) is 4.33. The van der Waals surface area contributed by atoms with Crippen LogP contribution in [0.2, 0.25) is 0 Å². The van der Waals surface area contributed by atoms with Gasteiger partial charge in [-0.15, -0.1) is 11.6 Å². The van der Waals surface area contributed by atoms with E-state index in [0.717, 1.165) is 0 Å². The van der Waals surface area contributed by atoms with Crippen molar-refractivity contribution in [3.05, 3.63) is 17.7 Å². The van der Waals surface area contributed by atoms with Gasteiger partial charge < -0.3 is 19.1 Å². The molecule has 1 rings (SSSR count). The van der Waals surface area contributed by atoms with Gasteiger partial charge >= 0.3 is 0 Å². The molecule has 1 aromatic rings. The number of hydrogen-bond donors (Lipinski definition) is 0. The molecule has 0 aliphatic carbocycles. The summed E-state index contributed by atoms with van der Waals surface area (Å²) in [6, 6.07) is 3.19. The first-order valence-electron chi connectivity index (χ1n) is 6.13. The van der Waals surface area contributed by atoms with Gasteiger partial charge in [0.15, 0.2) is 11.5 Å². The zero-order valence-electron chi connectivity index (χ0n) is 12.4. The molecule has 0 aliphatic rings. The van der Waals surface area contributed by atoms with E-state index in [-0.39, 0.29) is 11.9 Å². The van der Waals surface area contributed by atoms with E-state index in [1.54, 1.807) is 24.1 Å². The van der Waals surface area contributed by atoms with Crippen LogP contribution in [0.3, 0.4) is 0 Å². The number of ether oxygens (including phenoxy) is 3. The van der Waals surface area contributed by atoms with E-state index in [9.17, 15) is 4.79 Å². The highest BCUT2D eigenvalue weighted by atomic mass is 35.5. The molecular weight excluding hydrogens is 282 g/mol. The van der Waals surface area contributed by atoms with Crippen LogP contribution in [-0.2, 0) is 0 Å². The summed E-state index contributed by atoms with van der Waals surface area (Å²) in [6.45, 7) is 1.88. The van der Waals surface area contributed by atoms with Crippen LogP contribution in [0.1, 0.15) is 17.3 Å². The van der Waals surface area contributed by atoms with Gasteiger partial charge in [-0.3, -0.25) is 4.79 Å². The van der Waals surface area contributed by atoms with Crippen LogP contribution in [0, 0.1) is 0 Å². The summed E-state index contributed by atoms with van der Waals surface area (Å²) in [6.07, 6.45) is 0. The van der Waals surface area contributed by atoms with E-state index in [1.807, 2.05) is 6.92 Å². The molecule has 0 heterocycles. The number of rotatable bonds is 6. The minimum Gasteiger partial charge on any atom is -0.493 e. The van der Waals surface area contributed by atoms with E-state index in [1.165, 1.54) is 21.3 Å². The predicted octanol–water partition coefficient (Wildman–Crippen LogP) is 2.41. The average molecular weight is 302 g/mol. The van der Waals surface area contributed by atoms with Crippen LogP contribution < -0.4 is 14.2 Å². The Hall–Kier alpha value is -1.62. The van der Waals surface area contributed by atoms with Crippen LogP contribution in [0.25, 0.3) is 0 Å². The molecular formula is C14H20ClNO4. The van der Waals surface area contributed by atoms with Gasteiger partial charge in [-0.2, -0.15) is 0 Å². The fourth-order valence-corrected chi connectivity index (χ4v) is 1.92. The minimum atomic E-state index is -0.155. The Kier molecular flexibility index (Phi) is 5.95. The molecule has 1 aromatic carbocycles. The predicted molar refractivity (Wildman–Crippen MR) is 78.4 cm³/mol. The average Bonchev–Trinajstić information content (AvgIpc) is 2.50. The Labute approximate surface area is 124 Å². The molecule has 5 nitrogen and oxygen atoms in total. The summed E-state index contributed by atoms with van der Waals surface area (Å²) >= 11 is 5.78. The molecule has 0 radical (unpaired) electrons. The fourth-order valence-electron chi connectivity index (χ4n) is 1.71. The van der Waals surface area contributed by atoms with Gasteiger partial charge in [-0.05, 0) is 19.1 Å². The van der Waals surface area contributed by atoms with Crippen molar-refractivity contribution < 1.29 is 19.0 Å². The van der Waals surface area contributed by atoms with Crippen molar-refractivity contribution in [1.29, 1.82) is 0 Å². The molecule has 1 atom stereocenters. The lowest BCUT2D eigenvalue weighted by Crippen LogP contribution is -2.36. The number of carbonyl (C=O) groups excluding carboxylic acids is 1. The number of alkyl halides is 1. The second-order valence-corrected chi connectivity index (χ2v) is 4.64. The van der Waals surface area contributed by atoms with Crippen molar-refractivity contribution >= 4 is 17.5 Å². The number of halogens is 1. The molecule has 0 spiro atoms. The summed E-state index contributed by atoms with van der Waals surface area (Å²) in [5.41, 5.74) is 0.457. The zero-order chi connectivity index (χ0) is 15.3. The molecule has 0 saturated carbocycles. The minimum absolute atomic E-state index is 0.0664. The second kappa shape index (κ2) is 7.24. The molecule has 0 N–H and O–H groups in total. The molecule has 112 valence electrons. The summed E-state index contributed by atoms with van der Waals surface area (Å²) in [5, 5.41) is 0. The Morgan fingerprint density at radius 2 is 1.70 bits per heavy atom. The normalized spacial score (nSPS) is 11.7. The zero-order valence-corrected chi connectivity index (χ0v) is 13.2. The maximum Gasteiger partial charge on any atom is 0.254 e. The summed E-state index contributed by atoms with van der Waals surface area (Å²) in [7, 11) is 6.25. The van der Waals surface area contributed by atoms with Gasteiger partial charge in [-0.1, -0.05) is 0 Å². The molecule has 0 aliphatic heterocycles. The van der Waals surface area contributed by atoms with Crippen molar-refractivity contribution in [1.82, 2.24) is 4.90 Å². The van der Waals surface area contributed by atoms with Crippen LogP contribution in [0.5, 0.6) is 17.2 Å². The maximum absolute atomic E-state index is 12.4. The molecule has 6 heteroatoms. The third-order valence-corrected chi connectivity index (χ3v) is 3.56. The summed E-state index contributed by atoms with van der Waals surface area (Å²) in [5.74, 6) is 1.56. The number of amides is 1. The Morgan fingerprint density at radius 3 is 2.05 bits per heavy atom. The number of benzene rings is 1. The van der Waals surface area contributed by atoms with Crippen molar-refractivity contribution in [3.8, 4) is 17.2 Å². The van der Waals surface area contributed by atoms with Gasteiger partial charge in [0, 0.05) is 24.5 Å². The summed E-state index contributed by atoms with van der Waals surface area (Å²) in [4.78, 5) is 14.0. The number of carbonyl (C=O) groups is 1. The monoisotopic (exact) mass is 301 g/mol. The lowest BCUT2D eigenvalue weighted by molar-refractivity contribution is 0.0756. The Bertz CT molecular complexity index is 453. The highest BCUT2D eigenvalue weighted by molar-refractivity contribution is 6.18. The van der Waals surface area contributed by atoms with E-state index in [4.69, 9.17) is 25.8 Å². The van der Waals surface area contributed by atoms with Crippen LogP contribution in [0.4, 0.5) is 0 Å². The van der Waals surface area contributed by atoms with Gasteiger partial charge in [0.2, 0.25) is 5.75 Å². The molecule has 0 aromatic heterocycles. The first kappa shape index (κ1) is 16.4. The van der Waals surface area contributed by atoms with Crippen molar-refractivity contribution in [2.45, 2.75) is 13.0 Å². The van der Waals surface area contributed by atoms with Crippen molar-refractivity contribution in [3.63, 3.8) is 0 Å². The SMILES string of the molecule is COc1cc(C(=O)N(C)C(C)CCl)cc(OC)c1OC. The maximum atomic E-state index is 12.4. The van der Waals surface area contributed by atoms with Crippen LogP contribution in [-0.4, -0.2) is 51.1 Å². The Balaban J connectivity index is 3.22. The van der Waals surface area contributed by atoms with E-state index >= 15 is 0 Å². The summed E-state index contributed by atoms with van der Waals surface area (Å²) < 4.78 is 15.7. The van der Waals surface area contributed by atoms with Gasteiger partial charge in [0.05, 0.1) is 21.3 Å². The van der Waals surface area contributed by atoms with E-state index in [0.29, 0.717) is 28.7 Å². The lowest BCUT2D eigenvalue weighted by atomic mass is 10.1. The molecule has 0 fully saturated rings. The van der Waals surface area contributed by atoms with E-state index in [2.05, 4.69) is 0 Å².